The molecule has 0 amide bonds. The zero-order valence-electron chi connectivity index (χ0n) is 7.92. The van der Waals surface area contributed by atoms with Crippen molar-refractivity contribution in [2.75, 3.05) is 0 Å². The largest absolute Gasteiger partial charge is 0.481 e. The lowest BCUT2D eigenvalue weighted by atomic mass is 9.80. The molecular weight excluding hydrogens is 167 g/mol. The average molecular weight is 184 g/mol. The van der Waals surface area contributed by atoms with Crippen LogP contribution < -0.4 is 0 Å². The zero-order valence-corrected chi connectivity index (χ0v) is 9.92. The van der Waals surface area contributed by atoms with Crippen LogP contribution >= 0.6 is 0 Å². The average Bonchev–Trinajstić information content (AvgIpc) is 2.04. The van der Waals surface area contributed by atoms with E-state index in [0.29, 0.717) is 5.92 Å². The quantitative estimate of drug-likeness (QED) is 0.657. The van der Waals surface area contributed by atoms with Gasteiger partial charge in [-0.15, -0.1) is 0 Å². The molecular formula is C9H17AlO2. The smallest absolute Gasteiger partial charge is 0.306 e. The van der Waals surface area contributed by atoms with Crippen LogP contribution in [0.1, 0.15) is 32.6 Å². The maximum absolute atomic E-state index is 10.7. The van der Waals surface area contributed by atoms with E-state index < -0.39 is 5.97 Å². The Bertz CT molecular complexity index is 162. The monoisotopic (exact) mass is 184 g/mol. The number of carboxylic acids is 1. The molecule has 2 nitrogen and oxygen atoms in total. The predicted molar refractivity (Wildman–Crippen MR) is 51.1 cm³/mol. The van der Waals surface area contributed by atoms with E-state index in [1.165, 1.54) is 29.1 Å². The molecule has 0 radical (unpaired) electrons. The Morgan fingerprint density at radius 2 is 1.92 bits per heavy atom. The third-order valence-electron chi connectivity index (χ3n) is 3.16. The molecule has 1 fully saturated rings. The fraction of sp³-hybridized carbons (Fsp3) is 0.889. The van der Waals surface area contributed by atoms with Crippen molar-refractivity contribution in [3.8, 4) is 0 Å². The third-order valence-corrected chi connectivity index (χ3v) is 4.31. The Kier molecular flexibility index (Phi) is 3.61. The minimum absolute atomic E-state index is 0.126. The highest BCUT2D eigenvalue weighted by atomic mass is 27.0. The molecule has 3 heteroatoms. The van der Waals surface area contributed by atoms with Gasteiger partial charge >= 0.3 is 5.97 Å². The fourth-order valence-corrected chi connectivity index (χ4v) is 2.65. The summed E-state index contributed by atoms with van der Waals surface area (Å²) in [5.41, 5.74) is 0. The highest BCUT2D eigenvalue weighted by Crippen LogP contribution is 2.34. The molecule has 0 heterocycles. The van der Waals surface area contributed by atoms with Crippen LogP contribution in [0.15, 0.2) is 0 Å². The fourth-order valence-electron chi connectivity index (χ4n) is 1.99. The van der Waals surface area contributed by atoms with Crippen molar-refractivity contribution in [2.45, 2.75) is 37.4 Å². The van der Waals surface area contributed by atoms with E-state index in [2.05, 4.69) is 0 Å². The van der Waals surface area contributed by atoms with Gasteiger partial charge in [-0.05, 0) is 5.92 Å². The van der Waals surface area contributed by atoms with Crippen LogP contribution in [0.5, 0.6) is 0 Å². The standard InChI is InChI=1S/C9H15O2.Al.2H/c1-7(9(10)11)8-5-3-2-4-6-8;;;/h2,7-8H,3-6H2,1H3,(H,10,11);;;/t7-;;;/m1.../s1. The molecule has 0 spiro atoms. The summed E-state index contributed by atoms with van der Waals surface area (Å²) in [5, 5.41) is 8.81. The first-order chi connectivity index (χ1) is 5.61. The SMILES string of the molecule is C[C@@H](C(=O)O)C1CC[CH]([AlH2])CC1. The number of aliphatic carboxylic acids is 1. The number of carboxylic acid groups (broad SMARTS) is 1. The molecule has 0 bridgehead atoms. The maximum Gasteiger partial charge on any atom is 0.306 e. The molecule has 1 aliphatic carbocycles. The van der Waals surface area contributed by atoms with Gasteiger partial charge in [-0.2, -0.15) is 0 Å². The molecule has 0 aliphatic heterocycles. The van der Waals surface area contributed by atoms with Gasteiger partial charge in [-0.1, -0.05) is 37.4 Å². The molecule has 0 aromatic carbocycles. The zero-order chi connectivity index (χ0) is 9.14. The Morgan fingerprint density at radius 1 is 1.42 bits per heavy atom. The van der Waals surface area contributed by atoms with Crippen molar-refractivity contribution >= 4 is 22.3 Å². The lowest BCUT2D eigenvalue weighted by molar-refractivity contribution is -0.143. The summed E-state index contributed by atoms with van der Waals surface area (Å²) in [7, 11) is 0. The Morgan fingerprint density at radius 3 is 2.33 bits per heavy atom. The van der Waals surface area contributed by atoms with E-state index in [1.54, 1.807) is 0 Å². The number of carbonyl (C=O) groups is 1. The second-order valence-corrected chi connectivity index (χ2v) is 5.78. The summed E-state index contributed by atoms with van der Waals surface area (Å²) in [5.74, 6) is -0.293. The van der Waals surface area contributed by atoms with Gasteiger partial charge < -0.3 is 5.11 Å². The molecule has 1 saturated carbocycles. The van der Waals surface area contributed by atoms with Gasteiger partial charge in [-0.3, -0.25) is 4.79 Å². The van der Waals surface area contributed by atoms with Gasteiger partial charge in [0.1, 0.15) is 0 Å². The molecule has 1 rings (SSSR count). The molecule has 1 atom stereocenters. The van der Waals surface area contributed by atoms with E-state index in [-0.39, 0.29) is 5.92 Å². The van der Waals surface area contributed by atoms with Gasteiger partial charge in [0, 0.05) is 0 Å². The lowest BCUT2D eigenvalue weighted by Gasteiger charge is -2.28. The number of rotatable bonds is 2. The third kappa shape index (κ3) is 2.50. The van der Waals surface area contributed by atoms with E-state index in [9.17, 15) is 4.79 Å². The molecule has 0 unspecified atom stereocenters. The van der Waals surface area contributed by atoms with Crippen molar-refractivity contribution in [3.63, 3.8) is 0 Å². The first-order valence-electron chi connectivity index (χ1n) is 4.84. The first kappa shape index (κ1) is 10.1. The molecule has 1 N–H and O–H groups in total. The van der Waals surface area contributed by atoms with Crippen LogP contribution in [0.2, 0.25) is 4.78 Å². The summed E-state index contributed by atoms with van der Waals surface area (Å²) in [4.78, 5) is 10.7. The van der Waals surface area contributed by atoms with Gasteiger partial charge in [0.2, 0.25) is 16.3 Å². The molecule has 0 aromatic rings. The number of hydrogen-bond acceptors (Lipinski definition) is 1. The molecule has 1 aliphatic rings. The van der Waals surface area contributed by atoms with E-state index in [1.807, 2.05) is 6.92 Å². The van der Waals surface area contributed by atoms with Crippen molar-refractivity contribution in [2.24, 2.45) is 11.8 Å². The summed E-state index contributed by atoms with van der Waals surface area (Å²) in [6.07, 6.45) is 4.83. The normalized spacial score (nSPS) is 32.8. The summed E-state index contributed by atoms with van der Waals surface area (Å²) >= 11 is 1.29. The summed E-state index contributed by atoms with van der Waals surface area (Å²) < 4.78 is 0.947. The molecule has 68 valence electrons. The van der Waals surface area contributed by atoms with Crippen molar-refractivity contribution in [1.29, 1.82) is 0 Å². The molecule has 0 saturated heterocycles. The van der Waals surface area contributed by atoms with Gasteiger partial charge in [0.25, 0.3) is 0 Å². The van der Waals surface area contributed by atoms with Crippen molar-refractivity contribution in [3.05, 3.63) is 0 Å². The van der Waals surface area contributed by atoms with E-state index in [0.717, 1.165) is 17.6 Å². The lowest BCUT2D eigenvalue weighted by Crippen LogP contribution is -2.24. The Balaban J connectivity index is 2.39. The molecule has 0 aromatic heterocycles. The van der Waals surface area contributed by atoms with Gasteiger partial charge in [0.05, 0.1) is 5.92 Å². The van der Waals surface area contributed by atoms with Gasteiger partial charge in [-0.25, -0.2) is 0 Å². The second-order valence-electron chi connectivity index (χ2n) is 4.15. The minimum atomic E-state index is -0.619. The summed E-state index contributed by atoms with van der Waals surface area (Å²) in [6, 6.07) is 0. The Labute approximate surface area is 81.8 Å². The molecule has 12 heavy (non-hydrogen) atoms. The minimum Gasteiger partial charge on any atom is -0.481 e. The Hall–Kier alpha value is 0.00247. The highest BCUT2D eigenvalue weighted by Gasteiger charge is 2.26. The van der Waals surface area contributed by atoms with Gasteiger partial charge in [0.15, 0.2) is 0 Å². The van der Waals surface area contributed by atoms with E-state index >= 15 is 0 Å². The first-order valence-corrected chi connectivity index (χ1v) is 5.99. The predicted octanol–water partition coefficient (Wildman–Crippen LogP) is 1.32. The van der Waals surface area contributed by atoms with Crippen LogP contribution in [-0.2, 0) is 4.79 Å². The van der Waals surface area contributed by atoms with Crippen molar-refractivity contribution < 1.29 is 9.90 Å². The van der Waals surface area contributed by atoms with Crippen LogP contribution in [0.4, 0.5) is 0 Å². The van der Waals surface area contributed by atoms with E-state index in [4.69, 9.17) is 5.11 Å². The van der Waals surface area contributed by atoms with Crippen LogP contribution in [0, 0.1) is 11.8 Å². The number of hydrogen-bond donors (Lipinski definition) is 1. The second kappa shape index (κ2) is 4.30. The summed E-state index contributed by atoms with van der Waals surface area (Å²) in [6.45, 7) is 1.85. The maximum atomic E-state index is 10.7. The van der Waals surface area contributed by atoms with Crippen LogP contribution in [0.25, 0.3) is 0 Å². The highest BCUT2D eigenvalue weighted by molar-refractivity contribution is 6.11. The van der Waals surface area contributed by atoms with Crippen LogP contribution in [-0.4, -0.2) is 27.4 Å². The van der Waals surface area contributed by atoms with Crippen molar-refractivity contribution in [1.82, 2.24) is 0 Å². The topological polar surface area (TPSA) is 37.3 Å². The van der Waals surface area contributed by atoms with Crippen LogP contribution in [0.3, 0.4) is 0 Å².